The zero-order chi connectivity index (χ0) is 58.3. The van der Waals surface area contributed by atoms with Crippen molar-refractivity contribution in [3.05, 3.63) is 0 Å². The van der Waals surface area contributed by atoms with Gasteiger partial charge < -0.3 is 33.8 Å². The van der Waals surface area contributed by atoms with Crippen LogP contribution in [-0.4, -0.2) is 96.7 Å². The molecule has 3 unspecified atom stereocenters. The molecule has 0 aromatic rings. The van der Waals surface area contributed by atoms with Crippen molar-refractivity contribution in [1.29, 1.82) is 0 Å². The predicted octanol–water partition coefficient (Wildman–Crippen LogP) is 15.4. The van der Waals surface area contributed by atoms with Crippen LogP contribution in [0.1, 0.15) is 274 Å². The maximum atomic E-state index is 12.9. The summed E-state index contributed by atoms with van der Waals surface area (Å²) in [7, 11) is -9.88. The summed E-state index contributed by atoms with van der Waals surface area (Å²) in [5, 5.41) is 10.5. The molecule has 78 heavy (non-hydrogen) atoms. The van der Waals surface area contributed by atoms with Crippen molar-refractivity contribution in [3.8, 4) is 0 Å². The minimum Gasteiger partial charge on any atom is -0.462 e. The van der Waals surface area contributed by atoms with Gasteiger partial charge in [0.25, 0.3) is 0 Å². The summed E-state index contributed by atoms with van der Waals surface area (Å²) >= 11 is 0. The lowest BCUT2D eigenvalue weighted by molar-refractivity contribution is -0.161. The van der Waals surface area contributed by atoms with Crippen LogP contribution >= 0.6 is 15.6 Å². The Kier molecular flexibility index (Phi) is 48.4. The van der Waals surface area contributed by atoms with Crippen LogP contribution in [0.25, 0.3) is 0 Å². The first-order valence-electron chi connectivity index (χ1n) is 30.7. The molecule has 0 saturated carbocycles. The van der Waals surface area contributed by atoms with Gasteiger partial charge in [0, 0.05) is 25.7 Å². The van der Waals surface area contributed by atoms with Crippen LogP contribution in [0.5, 0.6) is 0 Å². The van der Waals surface area contributed by atoms with Crippen LogP contribution in [0.4, 0.5) is 0 Å². The lowest BCUT2D eigenvalue weighted by Crippen LogP contribution is -2.30. The maximum Gasteiger partial charge on any atom is 0.472 e. The molecule has 0 bridgehead atoms. The largest absolute Gasteiger partial charge is 0.472 e. The second-order valence-corrected chi connectivity index (χ2v) is 26.2. The molecule has 0 fully saturated rings. The van der Waals surface area contributed by atoms with Crippen molar-refractivity contribution < 1.29 is 80.2 Å². The zero-order valence-electron chi connectivity index (χ0n) is 50.3. The van der Waals surface area contributed by atoms with Gasteiger partial charge in [0.05, 0.1) is 26.4 Å². The van der Waals surface area contributed by atoms with Crippen molar-refractivity contribution in [3.63, 3.8) is 0 Å². The van der Waals surface area contributed by atoms with E-state index in [0.717, 1.165) is 103 Å². The topological polar surface area (TPSA) is 237 Å². The minimum atomic E-state index is -4.94. The van der Waals surface area contributed by atoms with Crippen molar-refractivity contribution in [2.75, 3.05) is 39.6 Å². The Morgan fingerprint density at radius 3 is 0.795 bits per heavy atom. The van der Waals surface area contributed by atoms with Gasteiger partial charge in [-0.15, -0.1) is 0 Å². The number of phosphoric acid groups is 2. The van der Waals surface area contributed by atoms with E-state index in [9.17, 15) is 43.2 Å². The molecule has 462 valence electrons. The first-order chi connectivity index (χ1) is 37.1. The smallest absolute Gasteiger partial charge is 0.462 e. The summed E-state index contributed by atoms with van der Waals surface area (Å²) in [6.45, 7) is 13.7. The number of unbranched alkanes of at least 4 members (excludes halogenated alkanes) is 22. The summed E-state index contributed by atoms with van der Waals surface area (Å²) in [6, 6.07) is 0. The van der Waals surface area contributed by atoms with Crippen LogP contribution in [0.3, 0.4) is 0 Å². The van der Waals surface area contributed by atoms with Gasteiger partial charge >= 0.3 is 39.5 Å². The molecule has 0 saturated heterocycles. The van der Waals surface area contributed by atoms with Crippen LogP contribution in [-0.2, 0) is 65.4 Å². The summed E-state index contributed by atoms with van der Waals surface area (Å²) in [5.74, 6) is 0.596. The number of hydrogen-bond donors (Lipinski definition) is 3. The van der Waals surface area contributed by atoms with Gasteiger partial charge in [-0.2, -0.15) is 0 Å². The number of ether oxygens (including phenoxy) is 4. The highest BCUT2D eigenvalue weighted by Gasteiger charge is 2.30. The first kappa shape index (κ1) is 76.1. The highest BCUT2D eigenvalue weighted by atomic mass is 31.2. The SMILES string of the molecule is CC(C)CCCCCCCCCC(=O)OC[C@H](COP(=O)(O)OCC(O)COP(=O)(O)OC[C@@H](COC(=O)CCCCCCCCC(C)C)OC(=O)CCCCCCCCCC(C)C)OC(=O)CCCCCCCCC(C)C. The molecule has 0 aromatic heterocycles. The molecule has 5 atom stereocenters. The summed E-state index contributed by atoms with van der Waals surface area (Å²) < 4.78 is 67.7. The molecule has 19 heteroatoms. The molecular weight excluding hydrogens is 1040 g/mol. The van der Waals surface area contributed by atoms with Crippen LogP contribution < -0.4 is 0 Å². The predicted molar refractivity (Wildman–Crippen MR) is 307 cm³/mol. The van der Waals surface area contributed by atoms with E-state index in [1.807, 2.05) is 0 Å². The molecule has 0 heterocycles. The molecule has 0 amide bonds. The van der Waals surface area contributed by atoms with Gasteiger partial charge in [-0.05, 0) is 49.4 Å². The molecule has 0 aliphatic rings. The van der Waals surface area contributed by atoms with E-state index >= 15 is 0 Å². The average Bonchev–Trinajstić information content (AvgIpc) is 3.36. The molecule has 0 rings (SSSR count). The first-order valence-corrected chi connectivity index (χ1v) is 33.7. The van der Waals surface area contributed by atoms with Gasteiger partial charge in [-0.1, -0.05) is 222 Å². The Balaban J connectivity index is 5.24. The lowest BCUT2D eigenvalue weighted by Gasteiger charge is -2.21. The Labute approximate surface area is 473 Å². The number of carbonyl (C=O) groups excluding carboxylic acids is 4. The molecule has 0 aromatic carbocycles. The Bertz CT molecular complexity index is 1580. The van der Waals surface area contributed by atoms with E-state index < -0.39 is 97.5 Å². The molecule has 3 N–H and O–H groups in total. The fourth-order valence-electron chi connectivity index (χ4n) is 8.55. The Hall–Kier alpha value is -1.94. The maximum absolute atomic E-state index is 12.9. The third kappa shape index (κ3) is 53.4. The second-order valence-electron chi connectivity index (χ2n) is 23.3. The van der Waals surface area contributed by atoms with Crippen LogP contribution in [0.2, 0.25) is 0 Å². The standard InChI is InChI=1S/C59H114O17P2/c1-49(2)35-27-19-11-9-13-23-31-39-56(61)69-45-55(76-59(64)42-34-26-18-16-22-30-38-52(7)8)48-74-78(67,68)72-44-53(60)43-71-77(65,66)73-47-54(46-70-57(62)40-32-24-17-15-21-29-37-51(5)6)75-58(63)41-33-25-14-10-12-20-28-36-50(3)4/h49-55,60H,9-48H2,1-8H3,(H,65,66)(H,67,68)/t53?,54-,55-/m1/s1. The van der Waals surface area contributed by atoms with E-state index in [1.54, 1.807) is 0 Å². The highest BCUT2D eigenvalue weighted by molar-refractivity contribution is 7.47. The number of phosphoric ester groups is 2. The van der Waals surface area contributed by atoms with Gasteiger partial charge in [0.15, 0.2) is 12.2 Å². The Morgan fingerprint density at radius 2 is 0.538 bits per heavy atom. The quantitative estimate of drug-likeness (QED) is 0.0222. The van der Waals surface area contributed by atoms with Gasteiger partial charge in [-0.25, -0.2) is 9.13 Å². The molecule has 0 spiro atoms. The van der Waals surface area contributed by atoms with Gasteiger partial charge in [0.2, 0.25) is 0 Å². The van der Waals surface area contributed by atoms with E-state index in [-0.39, 0.29) is 25.7 Å². The number of aliphatic hydroxyl groups is 1. The summed E-state index contributed by atoms with van der Waals surface area (Å²) in [4.78, 5) is 71.8. The average molecular weight is 1160 g/mol. The van der Waals surface area contributed by atoms with E-state index in [0.29, 0.717) is 49.4 Å². The molecule has 17 nitrogen and oxygen atoms in total. The second kappa shape index (κ2) is 49.7. The Morgan fingerprint density at radius 1 is 0.321 bits per heavy atom. The molecule has 0 radical (unpaired) electrons. The molecular formula is C59H114O17P2. The van der Waals surface area contributed by atoms with Crippen LogP contribution in [0.15, 0.2) is 0 Å². The van der Waals surface area contributed by atoms with E-state index in [2.05, 4.69) is 55.4 Å². The summed E-state index contributed by atoms with van der Waals surface area (Å²) in [6.07, 6.45) is 27.1. The molecule has 0 aliphatic heterocycles. The number of aliphatic hydroxyl groups excluding tert-OH is 1. The van der Waals surface area contributed by atoms with E-state index in [4.69, 9.17) is 37.0 Å². The summed E-state index contributed by atoms with van der Waals surface area (Å²) in [5.41, 5.74) is 0. The van der Waals surface area contributed by atoms with Crippen molar-refractivity contribution >= 4 is 39.5 Å². The number of hydrogen-bond acceptors (Lipinski definition) is 15. The third-order valence-corrected chi connectivity index (χ3v) is 15.2. The van der Waals surface area contributed by atoms with Gasteiger partial charge in [-0.3, -0.25) is 37.3 Å². The monoisotopic (exact) mass is 1160 g/mol. The normalized spacial score (nSPS) is 14.6. The van der Waals surface area contributed by atoms with E-state index in [1.165, 1.54) is 64.2 Å². The number of esters is 4. The third-order valence-electron chi connectivity index (χ3n) is 13.3. The van der Waals surface area contributed by atoms with Crippen molar-refractivity contribution in [1.82, 2.24) is 0 Å². The van der Waals surface area contributed by atoms with Gasteiger partial charge in [0.1, 0.15) is 19.3 Å². The fourth-order valence-corrected chi connectivity index (χ4v) is 10.1. The van der Waals surface area contributed by atoms with Crippen LogP contribution in [0, 0.1) is 23.7 Å². The fraction of sp³-hybridized carbons (Fsp3) is 0.932. The molecule has 0 aliphatic carbocycles. The highest BCUT2D eigenvalue weighted by Crippen LogP contribution is 2.45. The van der Waals surface area contributed by atoms with Crippen molar-refractivity contribution in [2.45, 2.75) is 292 Å². The minimum absolute atomic E-state index is 0.100. The zero-order valence-corrected chi connectivity index (χ0v) is 52.1. The number of rotatable bonds is 56. The van der Waals surface area contributed by atoms with Crippen molar-refractivity contribution in [2.24, 2.45) is 23.7 Å². The lowest BCUT2D eigenvalue weighted by atomic mass is 10.0. The number of carbonyl (C=O) groups is 4.